The Bertz CT molecular complexity index is 1980. The van der Waals surface area contributed by atoms with Crippen LogP contribution in [0.5, 0.6) is 0 Å². The van der Waals surface area contributed by atoms with Crippen molar-refractivity contribution in [2.24, 2.45) is 0 Å². The van der Waals surface area contributed by atoms with Gasteiger partial charge in [0, 0.05) is 6.16 Å². The number of aryl methyl sites for hydroxylation is 6. The van der Waals surface area contributed by atoms with Crippen LogP contribution in [-0.4, -0.2) is 25.4 Å². The third-order valence-corrected chi connectivity index (χ3v) is 15.5. The van der Waals surface area contributed by atoms with E-state index in [-0.39, 0.29) is 11.5 Å². The summed E-state index contributed by atoms with van der Waals surface area (Å²) >= 11 is 0. The van der Waals surface area contributed by atoms with E-state index in [0.717, 1.165) is 18.2 Å². The average molecular weight is 740 g/mol. The van der Waals surface area contributed by atoms with Gasteiger partial charge >= 0.3 is 0 Å². The summed E-state index contributed by atoms with van der Waals surface area (Å²) in [7, 11) is -2.56. The number of methoxy groups -OCH3 is 1. The van der Waals surface area contributed by atoms with E-state index in [1.165, 1.54) is 6.92 Å². The molecule has 0 saturated heterocycles. The molecule has 51 heavy (non-hydrogen) atoms. The number of benzene rings is 4. The molecule has 0 saturated carbocycles. The fourth-order valence-corrected chi connectivity index (χ4v) is 14.6. The van der Waals surface area contributed by atoms with Crippen LogP contribution in [-0.2, 0) is 9.53 Å². The van der Waals surface area contributed by atoms with Gasteiger partial charge in [-0.25, -0.2) is 43.9 Å². The third kappa shape index (κ3) is 5.32. The van der Waals surface area contributed by atoms with Crippen molar-refractivity contribution in [1.82, 2.24) is 0 Å². The zero-order chi connectivity index (χ0) is 38.2. The summed E-state index contributed by atoms with van der Waals surface area (Å²) in [6.07, 6.45) is -5.91. The molecule has 0 spiro atoms. The van der Waals surface area contributed by atoms with E-state index in [1.807, 2.05) is 38.1 Å². The summed E-state index contributed by atoms with van der Waals surface area (Å²) in [5.41, 5.74) is -0.305. The van der Waals surface area contributed by atoms with Crippen molar-refractivity contribution in [3.8, 4) is 0 Å². The molecule has 0 amide bonds. The Labute approximate surface area is 288 Å². The maximum absolute atomic E-state index is 16.1. The van der Waals surface area contributed by atoms with E-state index in [1.54, 1.807) is 27.7 Å². The normalized spacial score (nSPS) is 15.4. The van der Waals surface area contributed by atoms with Crippen LogP contribution in [0.25, 0.3) is 0 Å². The number of hydrogen-bond donors (Lipinski definition) is 0. The van der Waals surface area contributed by atoms with Crippen LogP contribution < -0.4 is 21.5 Å². The molecular weight excluding hydrogens is 708 g/mol. The molecule has 0 aromatic heterocycles. The van der Waals surface area contributed by atoms with Gasteiger partial charge in [-0.05, 0) is 70.7 Å². The van der Waals surface area contributed by atoms with E-state index in [2.05, 4.69) is 0 Å². The Balaban J connectivity index is 2.19. The highest BCUT2D eigenvalue weighted by Crippen LogP contribution is 2.70. The summed E-state index contributed by atoms with van der Waals surface area (Å²) < 4.78 is 159. The number of halogens is 10. The first-order valence-corrected chi connectivity index (χ1v) is 17.8. The maximum Gasteiger partial charge on any atom is 0.298 e. The third-order valence-electron chi connectivity index (χ3n) is 10.3. The van der Waals surface area contributed by atoms with E-state index in [9.17, 15) is 13.6 Å². The number of carbonyl (C=O) groups is 1. The monoisotopic (exact) mass is 740 g/mol. The zero-order valence-electron chi connectivity index (χ0n) is 28.8. The minimum atomic E-state index is -4.56. The lowest BCUT2D eigenvalue weighted by atomic mass is 9.13. The molecule has 1 aliphatic rings. The SMILES string of the molecule is COC(=O)C1=C(C)[P+](c2c(C)cc(C)cc2C)(c2c(C)cc(C)cc2C)CC[B-]1(c1c(F)c(F)c(F)c(F)c1F)c1c(F)c(F)c(F)c(F)c1F. The number of hydrogen-bond acceptors (Lipinski definition) is 2. The second-order valence-electron chi connectivity index (χ2n) is 13.3. The largest absolute Gasteiger partial charge is 0.468 e. The van der Waals surface area contributed by atoms with Gasteiger partial charge in [0.25, 0.3) is 5.97 Å². The van der Waals surface area contributed by atoms with Crippen LogP contribution in [0.2, 0.25) is 6.32 Å². The Kier molecular flexibility index (Phi) is 9.82. The van der Waals surface area contributed by atoms with Crippen molar-refractivity contribution >= 4 is 40.9 Å². The molecule has 0 atom stereocenters. The lowest BCUT2D eigenvalue weighted by molar-refractivity contribution is -0.135. The molecule has 0 fully saturated rings. The van der Waals surface area contributed by atoms with Crippen molar-refractivity contribution in [2.45, 2.75) is 54.8 Å². The van der Waals surface area contributed by atoms with Crippen LogP contribution >= 0.6 is 7.26 Å². The van der Waals surface area contributed by atoms with E-state index < -0.39 is 100 Å². The Morgan fingerprint density at radius 3 is 1.14 bits per heavy atom. The van der Waals surface area contributed by atoms with Gasteiger partial charge in [0.05, 0.1) is 12.4 Å². The van der Waals surface area contributed by atoms with Crippen molar-refractivity contribution in [2.75, 3.05) is 13.3 Å². The minimum Gasteiger partial charge on any atom is -0.468 e. The fraction of sp³-hybridized carbons (Fsp3) is 0.270. The number of esters is 1. The number of ether oxygens (including phenoxy) is 1. The minimum absolute atomic E-state index is 0.0985. The predicted molar refractivity (Wildman–Crippen MR) is 179 cm³/mol. The Morgan fingerprint density at radius 2 is 0.843 bits per heavy atom. The molecule has 4 aromatic rings. The highest BCUT2D eigenvalue weighted by Gasteiger charge is 2.59. The molecule has 1 aliphatic heterocycles. The van der Waals surface area contributed by atoms with Crippen molar-refractivity contribution in [3.05, 3.63) is 127 Å². The quantitative estimate of drug-likeness (QED) is 0.0516. The van der Waals surface area contributed by atoms with Gasteiger partial charge in [0.15, 0.2) is 34.9 Å². The van der Waals surface area contributed by atoms with Gasteiger partial charge in [-0.1, -0.05) is 40.9 Å². The molecule has 14 heteroatoms. The molecule has 5 rings (SSSR count). The van der Waals surface area contributed by atoms with E-state index in [0.29, 0.717) is 32.9 Å². The van der Waals surface area contributed by atoms with Gasteiger partial charge < -0.3 is 4.74 Å². The molecule has 2 nitrogen and oxygen atoms in total. The highest BCUT2D eigenvalue weighted by molar-refractivity contribution is 7.93. The van der Waals surface area contributed by atoms with Crippen LogP contribution in [0.4, 0.5) is 43.9 Å². The number of rotatable bonds is 5. The predicted octanol–water partition coefficient (Wildman–Crippen LogP) is 8.16. The second-order valence-corrected chi connectivity index (χ2v) is 17.0. The molecule has 0 unspecified atom stereocenters. The van der Waals surface area contributed by atoms with Crippen LogP contribution in [0.15, 0.2) is 35.1 Å². The van der Waals surface area contributed by atoms with Crippen LogP contribution in [0, 0.1) is 99.7 Å². The summed E-state index contributed by atoms with van der Waals surface area (Å²) in [6.45, 7) is 12.1. The van der Waals surface area contributed by atoms with Crippen molar-refractivity contribution in [1.29, 1.82) is 0 Å². The summed E-state index contributed by atoms with van der Waals surface area (Å²) in [5, 5.41) is 1.21. The first kappa shape index (κ1) is 38.1. The molecule has 0 bridgehead atoms. The smallest absolute Gasteiger partial charge is 0.298 e. The van der Waals surface area contributed by atoms with Crippen molar-refractivity contribution < 1.29 is 53.4 Å². The van der Waals surface area contributed by atoms with Gasteiger partial charge in [0.2, 0.25) is 0 Å². The van der Waals surface area contributed by atoms with Gasteiger partial charge in [0.1, 0.15) is 47.3 Å². The van der Waals surface area contributed by atoms with E-state index >= 15 is 35.1 Å². The highest BCUT2D eigenvalue weighted by atomic mass is 31.2. The Morgan fingerprint density at radius 1 is 0.549 bits per heavy atom. The van der Waals surface area contributed by atoms with Gasteiger partial charge in [-0.15, -0.1) is 17.2 Å². The van der Waals surface area contributed by atoms with Crippen LogP contribution in [0.3, 0.4) is 0 Å². The molecule has 0 radical (unpaired) electrons. The van der Waals surface area contributed by atoms with Crippen molar-refractivity contribution in [3.63, 3.8) is 0 Å². The lowest BCUT2D eigenvalue weighted by Gasteiger charge is -2.50. The molecule has 0 aliphatic carbocycles. The lowest BCUT2D eigenvalue weighted by Crippen LogP contribution is -2.69. The topological polar surface area (TPSA) is 26.3 Å². The van der Waals surface area contributed by atoms with Crippen LogP contribution in [0.1, 0.15) is 40.3 Å². The first-order chi connectivity index (χ1) is 23.7. The maximum atomic E-state index is 16.1. The molecule has 4 aromatic carbocycles. The molecule has 270 valence electrons. The fourth-order valence-electron chi connectivity index (χ4n) is 8.77. The molecular formula is C37H32BF10O2P. The zero-order valence-corrected chi connectivity index (χ0v) is 29.7. The van der Waals surface area contributed by atoms with Gasteiger partial charge in [-0.3, -0.25) is 4.79 Å². The average Bonchev–Trinajstić information content (AvgIpc) is 3.05. The number of carbonyl (C=O) groups excluding carboxylic acids is 1. The second kappa shape index (κ2) is 13.1. The first-order valence-electron chi connectivity index (χ1n) is 15.8. The summed E-state index contributed by atoms with van der Waals surface area (Å²) in [4.78, 5) is 14.2. The summed E-state index contributed by atoms with van der Waals surface area (Å²) in [5.74, 6) is -27.3. The summed E-state index contributed by atoms with van der Waals surface area (Å²) in [6, 6.07) is 7.37. The van der Waals surface area contributed by atoms with E-state index in [4.69, 9.17) is 4.74 Å². The molecule has 1 heterocycles. The van der Waals surface area contributed by atoms with Gasteiger partial charge in [-0.2, -0.15) is 0 Å². The Hall–Kier alpha value is -4.12. The molecule has 0 N–H and O–H groups in total. The number of allylic oxidation sites excluding steroid dienone is 1. The standard InChI is InChI=1S/C37H32BF10O2P/c1-15-11-17(3)35(18(4)12-15)51(36-19(5)13-16(2)14-20(36)6)10-9-38(22(21(51)7)37(49)50-8,23-25(39)29(43)33(47)30(44)26(23)40)24-27(41)31(45)34(48)32(46)28(24)42/h11-14H,9-10H2,1-8H3.